The minimum Gasteiger partial charge on any atom is -0.307 e. The normalized spacial score (nSPS) is 22.8. The third-order valence-corrected chi connectivity index (χ3v) is 5.07. The molecule has 0 aromatic heterocycles. The number of rotatable bonds is 4. The van der Waals surface area contributed by atoms with Crippen LogP contribution in [-0.4, -0.2) is 30.1 Å². The molecular formula is C17H27BrN2. The standard InChI is InChI=1S/C17H27BrN2/c1-13(2)20-11-6-7-15(10-12-20)19-14(3)16-8-4-5-9-17(16)18/h4-5,8-9,13-15,19H,6-7,10-12H2,1-3H3/t14-,15?/m1/s1. The lowest BCUT2D eigenvalue weighted by Gasteiger charge is -2.25. The van der Waals surface area contributed by atoms with Gasteiger partial charge >= 0.3 is 0 Å². The van der Waals surface area contributed by atoms with Crippen molar-refractivity contribution in [2.75, 3.05) is 13.1 Å². The Morgan fingerprint density at radius 2 is 1.90 bits per heavy atom. The summed E-state index contributed by atoms with van der Waals surface area (Å²) in [6, 6.07) is 10.2. The predicted octanol–water partition coefficient (Wildman–Crippen LogP) is 4.36. The molecule has 0 amide bonds. The first-order valence-corrected chi connectivity index (χ1v) is 8.61. The minimum absolute atomic E-state index is 0.404. The van der Waals surface area contributed by atoms with Crippen molar-refractivity contribution < 1.29 is 0 Å². The van der Waals surface area contributed by atoms with Gasteiger partial charge in [0.2, 0.25) is 0 Å². The lowest BCUT2D eigenvalue weighted by atomic mass is 10.0. The molecule has 2 rings (SSSR count). The average Bonchev–Trinajstić information content (AvgIpc) is 2.65. The first-order valence-electron chi connectivity index (χ1n) is 7.82. The molecule has 0 saturated carbocycles. The van der Waals surface area contributed by atoms with Crippen LogP contribution in [0.15, 0.2) is 28.7 Å². The van der Waals surface area contributed by atoms with E-state index < -0.39 is 0 Å². The van der Waals surface area contributed by atoms with Crippen LogP contribution in [0.1, 0.15) is 51.6 Å². The van der Waals surface area contributed by atoms with Crippen LogP contribution < -0.4 is 5.32 Å². The van der Waals surface area contributed by atoms with Crippen LogP contribution in [0.4, 0.5) is 0 Å². The highest BCUT2D eigenvalue weighted by molar-refractivity contribution is 9.10. The molecule has 3 heteroatoms. The van der Waals surface area contributed by atoms with E-state index in [4.69, 9.17) is 0 Å². The van der Waals surface area contributed by atoms with Gasteiger partial charge in [0.1, 0.15) is 0 Å². The van der Waals surface area contributed by atoms with E-state index in [1.54, 1.807) is 0 Å². The molecule has 2 atom stereocenters. The van der Waals surface area contributed by atoms with Gasteiger partial charge in [-0.2, -0.15) is 0 Å². The van der Waals surface area contributed by atoms with Gasteiger partial charge < -0.3 is 10.2 Å². The van der Waals surface area contributed by atoms with E-state index in [9.17, 15) is 0 Å². The summed E-state index contributed by atoms with van der Waals surface area (Å²) in [5.41, 5.74) is 1.36. The van der Waals surface area contributed by atoms with E-state index in [2.05, 4.69) is 71.2 Å². The molecule has 1 aliphatic heterocycles. The highest BCUT2D eigenvalue weighted by atomic mass is 79.9. The van der Waals surface area contributed by atoms with Gasteiger partial charge in [-0.05, 0) is 64.8 Å². The molecule has 1 aromatic carbocycles. The Balaban J connectivity index is 1.92. The molecule has 1 aromatic rings. The highest BCUT2D eigenvalue weighted by Crippen LogP contribution is 2.24. The zero-order chi connectivity index (χ0) is 14.5. The van der Waals surface area contributed by atoms with Crippen molar-refractivity contribution in [3.63, 3.8) is 0 Å². The molecule has 0 spiro atoms. The molecule has 1 fully saturated rings. The molecule has 112 valence electrons. The maximum atomic E-state index is 3.82. The Hall–Kier alpha value is -0.380. The topological polar surface area (TPSA) is 15.3 Å². The summed E-state index contributed by atoms with van der Waals surface area (Å²) < 4.78 is 1.21. The zero-order valence-corrected chi connectivity index (χ0v) is 14.5. The fourth-order valence-corrected chi connectivity index (χ4v) is 3.70. The Morgan fingerprint density at radius 3 is 2.60 bits per heavy atom. The van der Waals surface area contributed by atoms with Crippen LogP contribution in [0.3, 0.4) is 0 Å². The fraction of sp³-hybridized carbons (Fsp3) is 0.647. The van der Waals surface area contributed by atoms with Crippen molar-refractivity contribution in [1.82, 2.24) is 10.2 Å². The molecular weight excluding hydrogens is 312 g/mol. The van der Waals surface area contributed by atoms with Crippen molar-refractivity contribution in [2.24, 2.45) is 0 Å². The van der Waals surface area contributed by atoms with Crippen LogP contribution in [0.2, 0.25) is 0 Å². The summed E-state index contributed by atoms with van der Waals surface area (Å²) >= 11 is 3.66. The van der Waals surface area contributed by atoms with Gasteiger partial charge in [-0.3, -0.25) is 0 Å². The Bertz CT molecular complexity index is 419. The molecule has 1 heterocycles. The van der Waals surface area contributed by atoms with Crippen LogP contribution in [0.5, 0.6) is 0 Å². The Kier molecular flexibility index (Phi) is 6.06. The van der Waals surface area contributed by atoms with Crippen LogP contribution in [0.25, 0.3) is 0 Å². The van der Waals surface area contributed by atoms with Crippen LogP contribution in [-0.2, 0) is 0 Å². The highest BCUT2D eigenvalue weighted by Gasteiger charge is 2.20. The summed E-state index contributed by atoms with van der Waals surface area (Å²) in [5, 5.41) is 3.82. The van der Waals surface area contributed by atoms with Gasteiger partial charge in [0.05, 0.1) is 0 Å². The average molecular weight is 339 g/mol. The first-order chi connectivity index (χ1) is 9.58. The summed E-state index contributed by atoms with van der Waals surface area (Å²) in [6.45, 7) is 9.34. The number of nitrogens with zero attached hydrogens (tertiary/aromatic N) is 1. The van der Waals surface area contributed by atoms with Gasteiger partial charge in [0.15, 0.2) is 0 Å². The molecule has 0 aliphatic carbocycles. The van der Waals surface area contributed by atoms with E-state index in [0.29, 0.717) is 18.1 Å². The number of hydrogen-bond donors (Lipinski definition) is 1. The Labute approximate surface area is 132 Å². The van der Waals surface area contributed by atoms with E-state index in [-0.39, 0.29) is 0 Å². The number of nitrogens with one attached hydrogen (secondary N) is 1. The summed E-state index contributed by atoms with van der Waals surface area (Å²) in [5.74, 6) is 0. The Morgan fingerprint density at radius 1 is 1.15 bits per heavy atom. The second-order valence-electron chi connectivity index (χ2n) is 6.17. The smallest absolute Gasteiger partial charge is 0.0305 e. The summed E-state index contributed by atoms with van der Waals surface area (Å²) in [6.07, 6.45) is 3.85. The number of likely N-dealkylation sites (tertiary alicyclic amines) is 1. The van der Waals surface area contributed by atoms with Gasteiger partial charge in [0.25, 0.3) is 0 Å². The zero-order valence-electron chi connectivity index (χ0n) is 12.9. The van der Waals surface area contributed by atoms with Gasteiger partial charge in [-0.15, -0.1) is 0 Å². The van der Waals surface area contributed by atoms with E-state index in [0.717, 1.165) is 0 Å². The predicted molar refractivity (Wildman–Crippen MR) is 90.0 cm³/mol. The number of halogens is 1. The SMILES string of the molecule is CC(C)N1CCCC(N[C@H](C)c2ccccc2Br)CC1. The first kappa shape index (κ1) is 16.0. The van der Waals surface area contributed by atoms with Crippen LogP contribution >= 0.6 is 15.9 Å². The van der Waals surface area contributed by atoms with Crippen LogP contribution in [0, 0.1) is 0 Å². The quantitative estimate of drug-likeness (QED) is 0.877. The molecule has 0 bridgehead atoms. The van der Waals surface area contributed by atoms with Crippen molar-refractivity contribution >= 4 is 15.9 Å². The molecule has 1 N–H and O–H groups in total. The maximum Gasteiger partial charge on any atom is 0.0305 e. The second kappa shape index (κ2) is 7.58. The van der Waals surface area contributed by atoms with Gasteiger partial charge in [-0.1, -0.05) is 34.1 Å². The third-order valence-electron chi connectivity index (χ3n) is 4.35. The van der Waals surface area contributed by atoms with Crippen molar-refractivity contribution in [1.29, 1.82) is 0 Å². The molecule has 1 aliphatic rings. The number of benzene rings is 1. The second-order valence-corrected chi connectivity index (χ2v) is 7.02. The van der Waals surface area contributed by atoms with Crippen molar-refractivity contribution in [3.8, 4) is 0 Å². The largest absolute Gasteiger partial charge is 0.307 e. The molecule has 0 radical (unpaired) electrons. The molecule has 1 saturated heterocycles. The molecule has 20 heavy (non-hydrogen) atoms. The molecule has 1 unspecified atom stereocenters. The molecule has 2 nitrogen and oxygen atoms in total. The van der Waals surface area contributed by atoms with Gasteiger partial charge in [-0.25, -0.2) is 0 Å². The summed E-state index contributed by atoms with van der Waals surface area (Å²) in [7, 11) is 0. The van der Waals surface area contributed by atoms with E-state index >= 15 is 0 Å². The van der Waals surface area contributed by atoms with E-state index in [1.807, 2.05) is 0 Å². The van der Waals surface area contributed by atoms with Crippen molar-refractivity contribution in [2.45, 2.75) is 58.2 Å². The van der Waals surface area contributed by atoms with E-state index in [1.165, 1.54) is 42.4 Å². The third kappa shape index (κ3) is 4.31. The number of hydrogen-bond acceptors (Lipinski definition) is 2. The monoisotopic (exact) mass is 338 g/mol. The fourth-order valence-electron chi connectivity index (χ4n) is 3.07. The lowest BCUT2D eigenvalue weighted by Crippen LogP contribution is -2.35. The van der Waals surface area contributed by atoms with Gasteiger partial charge in [0, 0.05) is 22.6 Å². The lowest BCUT2D eigenvalue weighted by molar-refractivity contribution is 0.228. The minimum atomic E-state index is 0.404. The maximum absolute atomic E-state index is 3.82. The van der Waals surface area contributed by atoms with Crippen molar-refractivity contribution in [3.05, 3.63) is 34.3 Å². The summed E-state index contributed by atoms with van der Waals surface area (Å²) in [4.78, 5) is 2.60.